The number of nitrogens with zero attached hydrogens (tertiary/aromatic N) is 1. The number of carbonyl (C=O) groups is 1. The molecule has 0 heterocycles. The lowest BCUT2D eigenvalue weighted by Crippen LogP contribution is -2.27. The van der Waals surface area contributed by atoms with Crippen molar-refractivity contribution in [2.45, 2.75) is 46.1 Å². The number of anilines is 1. The second kappa shape index (κ2) is 5.64. The van der Waals surface area contributed by atoms with Gasteiger partial charge < -0.3 is 10.0 Å². The Hall–Kier alpha value is -1.51. The van der Waals surface area contributed by atoms with Crippen LogP contribution in [0.3, 0.4) is 0 Å². The van der Waals surface area contributed by atoms with E-state index in [0.717, 1.165) is 18.7 Å². The molecule has 1 aliphatic carbocycles. The second-order valence-electron chi connectivity index (χ2n) is 5.86. The molecule has 3 nitrogen and oxygen atoms in total. The minimum atomic E-state index is -0.0933. The van der Waals surface area contributed by atoms with E-state index in [1.54, 1.807) is 12.1 Å². The molecule has 1 saturated carbocycles. The molecule has 1 aromatic carbocycles. The van der Waals surface area contributed by atoms with Crippen molar-refractivity contribution in [1.82, 2.24) is 0 Å². The largest absolute Gasteiger partial charge is 0.507 e. The van der Waals surface area contributed by atoms with Gasteiger partial charge in [0.1, 0.15) is 5.75 Å². The quantitative estimate of drug-likeness (QED) is 0.795. The average Bonchev–Trinajstić information content (AvgIpc) is 3.13. The van der Waals surface area contributed by atoms with Gasteiger partial charge in [-0.3, -0.25) is 4.79 Å². The van der Waals surface area contributed by atoms with E-state index < -0.39 is 0 Å². The van der Waals surface area contributed by atoms with E-state index in [1.165, 1.54) is 19.8 Å². The number of benzene rings is 1. The van der Waals surface area contributed by atoms with Crippen LogP contribution >= 0.6 is 0 Å². The topological polar surface area (TPSA) is 40.5 Å². The van der Waals surface area contributed by atoms with E-state index in [4.69, 9.17) is 0 Å². The van der Waals surface area contributed by atoms with Crippen LogP contribution in [0.15, 0.2) is 18.2 Å². The van der Waals surface area contributed by atoms with Crippen LogP contribution in [0, 0.1) is 5.92 Å². The average molecular weight is 261 g/mol. The zero-order valence-electron chi connectivity index (χ0n) is 12.0. The summed E-state index contributed by atoms with van der Waals surface area (Å²) in [6.07, 6.45) is 3.60. The molecule has 0 bridgehead atoms. The number of hydrogen-bond acceptors (Lipinski definition) is 3. The van der Waals surface area contributed by atoms with Gasteiger partial charge in [-0.05, 0) is 44.2 Å². The highest BCUT2D eigenvalue weighted by Crippen LogP contribution is 2.34. The van der Waals surface area contributed by atoms with Crippen LogP contribution in [0.25, 0.3) is 0 Å². The van der Waals surface area contributed by atoms with E-state index in [9.17, 15) is 9.90 Å². The first kappa shape index (κ1) is 13.9. The number of phenols is 1. The Bertz CT molecular complexity index is 464. The van der Waals surface area contributed by atoms with Gasteiger partial charge in [0.05, 0.1) is 5.56 Å². The van der Waals surface area contributed by atoms with Crippen molar-refractivity contribution >= 4 is 11.5 Å². The summed E-state index contributed by atoms with van der Waals surface area (Å²) in [5.41, 5.74) is 1.44. The molecule has 0 spiro atoms. The van der Waals surface area contributed by atoms with Crippen molar-refractivity contribution in [2.24, 2.45) is 5.92 Å². The van der Waals surface area contributed by atoms with E-state index in [-0.39, 0.29) is 11.5 Å². The first-order valence-electron chi connectivity index (χ1n) is 7.09. The zero-order chi connectivity index (χ0) is 14.0. The zero-order valence-corrected chi connectivity index (χ0v) is 12.0. The van der Waals surface area contributed by atoms with Gasteiger partial charge in [-0.2, -0.15) is 0 Å². The Morgan fingerprint density at radius 1 is 1.42 bits per heavy atom. The van der Waals surface area contributed by atoms with Crippen LogP contribution < -0.4 is 4.90 Å². The number of rotatable bonds is 6. The molecule has 0 aliphatic heterocycles. The minimum absolute atomic E-state index is 0.0933. The molecule has 0 aromatic heterocycles. The van der Waals surface area contributed by atoms with Gasteiger partial charge in [0, 0.05) is 24.3 Å². The fourth-order valence-electron chi connectivity index (χ4n) is 2.30. The number of aromatic hydroxyl groups is 1. The molecule has 3 heteroatoms. The fraction of sp³-hybridized carbons (Fsp3) is 0.562. The lowest BCUT2D eigenvalue weighted by atomic mass is 10.1. The van der Waals surface area contributed by atoms with Crippen molar-refractivity contribution in [1.29, 1.82) is 0 Å². The summed E-state index contributed by atoms with van der Waals surface area (Å²) in [6.45, 7) is 6.94. The molecule has 0 atom stereocenters. The third kappa shape index (κ3) is 3.49. The first-order valence-corrected chi connectivity index (χ1v) is 7.09. The van der Waals surface area contributed by atoms with Crippen molar-refractivity contribution in [3.05, 3.63) is 23.8 Å². The van der Waals surface area contributed by atoms with Crippen LogP contribution in [-0.2, 0) is 0 Å². The lowest BCUT2D eigenvalue weighted by Gasteiger charge is -2.26. The van der Waals surface area contributed by atoms with Gasteiger partial charge in [-0.1, -0.05) is 13.8 Å². The van der Waals surface area contributed by atoms with Gasteiger partial charge in [-0.15, -0.1) is 0 Å². The van der Waals surface area contributed by atoms with Crippen LogP contribution in [0.5, 0.6) is 5.75 Å². The van der Waals surface area contributed by atoms with Crippen molar-refractivity contribution in [3.63, 3.8) is 0 Å². The Morgan fingerprint density at radius 3 is 2.58 bits per heavy atom. The van der Waals surface area contributed by atoms with Gasteiger partial charge in [0.15, 0.2) is 5.78 Å². The number of carbonyl (C=O) groups excluding carboxylic acids is 1. The maximum atomic E-state index is 11.3. The summed E-state index contributed by atoms with van der Waals surface area (Å²) in [5.74, 6) is 0.677. The van der Waals surface area contributed by atoms with Gasteiger partial charge in [0.25, 0.3) is 0 Å². The Labute approximate surface area is 115 Å². The predicted octanol–water partition coefficient (Wildman–Crippen LogP) is 3.61. The molecular weight excluding hydrogens is 238 g/mol. The SMILES string of the molecule is CC(=O)c1ccc(N(CCC(C)C)C2CC2)cc1O. The first-order chi connectivity index (χ1) is 8.99. The molecule has 19 heavy (non-hydrogen) atoms. The van der Waals surface area contributed by atoms with Crippen LogP contribution in [0.1, 0.15) is 50.4 Å². The number of phenolic OH excluding ortho intramolecular Hbond substituents is 1. The molecule has 0 saturated heterocycles. The maximum absolute atomic E-state index is 11.3. The molecule has 1 N–H and O–H groups in total. The number of Topliss-reactive ketones (excluding diaryl/α,β-unsaturated/α-hetero) is 1. The molecule has 1 aliphatic rings. The van der Waals surface area contributed by atoms with Crippen molar-refractivity contribution in [3.8, 4) is 5.75 Å². The standard InChI is InChI=1S/C16H23NO2/c1-11(2)8-9-17(13-4-5-13)14-6-7-15(12(3)18)16(19)10-14/h6-7,10-11,13,19H,4-5,8-9H2,1-3H3. The monoisotopic (exact) mass is 261 g/mol. The third-order valence-corrected chi connectivity index (χ3v) is 3.63. The predicted molar refractivity (Wildman–Crippen MR) is 77.9 cm³/mol. The highest BCUT2D eigenvalue weighted by atomic mass is 16.3. The van der Waals surface area contributed by atoms with E-state index in [2.05, 4.69) is 18.7 Å². The molecule has 0 unspecified atom stereocenters. The van der Waals surface area contributed by atoms with Crippen molar-refractivity contribution in [2.75, 3.05) is 11.4 Å². The smallest absolute Gasteiger partial charge is 0.163 e. The van der Waals surface area contributed by atoms with Crippen LogP contribution in [0.2, 0.25) is 0 Å². The number of ketones is 1. The molecular formula is C16H23NO2. The minimum Gasteiger partial charge on any atom is -0.507 e. The highest BCUT2D eigenvalue weighted by molar-refractivity contribution is 5.97. The normalized spacial score (nSPS) is 14.7. The van der Waals surface area contributed by atoms with Gasteiger partial charge in [0.2, 0.25) is 0 Å². The van der Waals surface area contributed by atoms with E-state index in [1.807, 2.05) is 6.07 Å². The molecule has 2 rings (SSSR count). The molecule has 0 amide bonds. The maximum Gasteiger partial charge on any atom is 0.163 e. The second-order valence-corrected chi connectivity index (χ2v) is 5.86. The van der Waals surface area contributed by atoms with Crippen molar-refractivity contribution < 1.29 is 9.90 Å². The molecule has 104 valence electrons. The van der Waals surface area contributed by atoms with Gasteiger partial charge >= 0.3 is 0 Å². The number of hydrogen-bond donors (Lipinski definition) is 1. The van der Waals surface area contributed by atoms with Crippen LogP contribution in [0.4, 0.5) is 5.69 Å². The summed E-state index contributed by atoms with van der Waals surface area (Å²) < 4.78 is 0. The Kier molecular flexibility index (Phi) is 4.13. The molecule has 1 fully saturated rings. The third-order valence-electron chi connectivity index (χ3n) is 3.63. The Morgan fingerprint density at radius 2 is 2.11 bits per heavy atom. The summed E-state index contributed by atoms with van der Waals surface area (Å²) >= 11 is 0. The van der Waals surface area contributed by atoms with Gasteiger partial charge in [-0.25, -0.2) is 0 Å². The highest BCUT2D eigenvalue weighted by Gasteiger charge is 2.29. The summed E-state index contributed by atoms with van der Waals surface area (Å²) in [6, 6.07) is 6.03. The summed E-state index contributed by atoms with van der Waals surface area (Å²) in [4.78, 5) is 13.7. The van der Waals surface area contributed by atoms with Crippen LogP contribution in [-0.4, -0.2) is 23.5 Å². The lowest BCUT2D eigenvalue weighted by molar-refractivity contribution is 0.101. The molecule has 1 aromatic rings. The summed E-state index contributed by atoms with van der Waals surface area (Å²) in [7, 11) is 0. The summed E-state index contributed by atoms with van der Waals surface area (Å²) in [5, 5.41) is 9.94. The molecule has 0 radical (unpaired) electrons. The fourth-order valence-corrected chi connectivity index (χ4v) is 2.30. The Balaban J connectivity index is 2.17. The van der Waals surface area contributed by atoms with E-state index >= 15 is 0 Å². The van der Waals surface area contributed by atoms with E-state index in [0.29, 0.717) is 17.5 Å².